The molecule has 1 aromatic heterocycles. The molecule has 0 aromatic carbocycles. The predicted octanol–water partition coefficient (Wildman–Crippen LogP) is -0.167. The number of hydrogen-bond acceptors (Lipinski definition) is 2. The third kappa shape index (κ3) is 1.52. The summed E-state index contributed by atoms with van der Waals surface area (Å²) in [6, 6.07) is 0. The van der Waals surface area contributed by atoms with Crippen molar-refractivity contribution in [1.29, 1.82) is 0 Å². The summed E-state index contributed by atoms with van der Waals surface area (Å²) in [5.74, 6) is 0. The van der Waals surface area contributed by atoms with Crippen LogP contribution in [0, 0.1) is 0 Å². The van der Waals surface area contributed by atoms with Crippen LogP contribution in [0.5, 0.6) is 0 Å². The van der Waals surface area contributed by atoms with Crippen molar-refractivity contribution in [3.8, 4) is 0 Å². The lowest BCUT2D eigenvalue weighted by Crippen LogP contribution is -2.12. The van der Waals surface area contributed by atoms with Crippen molar-refractivity contribution in [2.24, 2.45) is 0 Å². The van der Waals surface area contributed by atoms with Crippen LogP contribution < -0.4 is 5.72 Å². The molecule has 0 fully saturated rings. The third-order valence-corrected chi connectivity index (χ3v) is 1.13. The van der Waals surface area contributed by atoms with E-state index >= 15 is 0 Å². The molecule has 2 radical (unpaired) electrons. The average Bonchev–Trinajstić information content (AvgIpc) is 1.90. The minimum atomic E-state index is 0.340. The Labute approximate surface area is 55.8 Å². The molecule has 0 atom stereocenters. The first-order valence-corrected chi connectivity index (χ1v) is 2.89. The number of rotatable bonds is 1. The van der Waals surface area contributed by atoms with Crippen LogP contribution in [0.2, 0.25) is 0 Å². The van der Waals surface area contributed by atoms with Crippen LogP contribution in [0.1, 0.15) is 12.5 Å². The van der Waals surface area contributed by atoms with Crippen LogP contribution >= 0.6 is 0 Å². The molecule has 1 aromatic rings. The molecule has 0 aliphatic carbocycles. The van der Waals surface area contributed by atoms with Gasteiger partial charge in [-0.2, -0.15) is 0 Å². The van der Waals surface area contributed by atoms with Crippen molar-refractivity contribution in [3.05, 3.63) is 18.0 Å². The molecule has 9 heavy (non-hydrogen) atoms. The van der Waals surface area contributed by atoms with E-state index in [9.17, 15) is 0 Å². The standard InChI is InChI=1S/C6H7BN2/c1-2-5-3-8-6(7)9-4-5/h3-4H,2H2,1H3. The Morgan fingerprint density at radius 1 is 1.44 bits per heavy atom. The molecule has 0 spiro atoms. The quantitative estimate of drug-likeness (QED) is 0.478. The SMILES string of the molecule is [B]c1ncc(CC)cn1. The maximum absolute atomic E-state index is 5.26. The van der Waals surface area contributed by atoms with Gasteiger partial charge >= 0.3 is 0 Å². The topological polar surface area (TPSA) is 25.8 Å². The Kier molecular flexibility index (Phi) is 1.83. The number of hydrogen-bond donors (Lipinski definition) is 0. The molecule has 1 rings (SSSR count). The molecule has 0 unspecified atom stereocenters. The average molecular weight is 118 g/mol. The van der Waals surface area contributed by atoms with Gasteiger partial charge in [0.25, 0.3) is 0 Å². The fourth-order valence-electron chi connectivity index (χ4n) is 0.547. The second-order valence-electron chi connectivity index (χ2n) is 1.80. The van der Waals surface area contributed by atoms with Gasteiger partial charge in [-0.15, -0.1) is 0 Å². The van der Waals surface area contributed by atoms with E-state index in [1.807, 2.05) is 0 Å². The first-order valence-electron chi connectivity index (χ1n) is 2.89. The van der Waals surface area contributed by atoms with Crippen LogP contribution in [-0.4, -0.2) is 17.8 Å². The predicted molar refractivity (Wildman–Crippen MR) is 36.8 cm³/mol. The van der Waals surface area contributed by atoms with Gasteiger partial charge in [0.15, 0.2) is 7.85 Å². The maximum Gasteiger partial charge on any atom is 0.170 e. The Bertz CT molecular complexity index is 183. The molecular weight excluding hydrogens is 111 g/mol. The summed E-state index contributed by atoms with van der Waals surface area (Å²) in [6.45, 7) is 2.05. The second kappa shape index (κ2) is 2.62. The summed E-state index contributed by atoms with van der Waals surface area (Å²) < 4.78 is 0. The molecule has 0 saturated carbocycles. The first kappa shape index (κ1) is 6.27. The van der Waals surface area contributed by atoms with Crippen molar-refractivity contribution >= 4 is 13.6 Å². The van der Waals surface area contributed by atoms with Crippen molar-refractivity contribution in [1.82, 2.24) is 9.97 Å². The molecule has 0 saturated heterocycles. The lowest BCUT2D eigenvalue weighted by atomic mass is 10.1. The summed E-state index contributed by atoms with van der Waals surface area (Å²) in [6.07, 6.45) is 4.44. The largest absolute Gasteiger partial charge is 0.253 e. The first-order chi connectivity index (χ1) is 4.33. The second-order valence-corrected chi connectivity index (χ2v) is 1.80. The summed E-state index contributed by atoms with van der Waals surface area (Å²) in [5, 5.41) is 0. The van der Waals surface area contributed by atoms with E-state index in [1.165, 1.54) is 0 Å². The fourth-order valence-corrected chi connectivity index (χ4v) is 0.547. The Morgan fingerprint density at radius 3 is 2.44 bits per heavy atom. The van der Waals surface area contributed by atoms with Crippen LogP contribution in [0.25, 0.3) is 0 Å². The highest BCUT2D eigenvalue weighted by atomic mass is 14.8. The zero-order chi connectivity index (χ0) is 6.69. The molecule has 0 amide bonds. The summed E-state index contributed by atoms with van der Waals surface area (Å²) in [5.41, 5.74) is 1.46. The van der Waals surface area contributed by atoms with Gasteiger partial charge < -0.3 is 0 Å². The maximum atomic E-state index is 5.26. The van der Waals surface area contributed by atoms with E-state index in [0.717, 1.165) is 12.0 Å². The highest BCUT2D eigenvalue weighted by molar-refractivity contribution is 6.28. The summed E-state index contributed by atoms with van der Waals surface area (Å²) >= 11 is 0. The van der Waals surface area contributed by atoms with E-state index < -0.39 is 0 Å². The van der Waals surface area contributed by atoms with Gasteiger partial charge in [-0.1, -0.05) is 6.92 Å². The molecule has 0 aliphatic rings. The zero-order valence-electron chi connectivity index (χ0n) is 5.33. The van der Waals surface area contributed by atoms with Gasteiger partial charge in [-0.05, 0) is 12.0 Å². The van der Waals surface area contributed by atoms with Crippen LogP contribution in [0.15, 0.2) is 12.4 Å². The van der Waals surface area contributed by atoms with Crippen molar-refractivity contribution < 1.29 is 0 Å². The molecule has 3 heteroatoms. The highest BCUT2D eigenvalue weighted by Crippen LogP contribution is 1.89. The normalized spacial score (nSPS) is 9.44. The molecule has 0 aliphatic heterocycles. The van der Waals surface area contributed by atoms with E-state index in [0.29, 0.717) is 5.72 Å². The fraction of sp³-hybridized carbons (Fsp3) is 0.333. The highest BCUT2D eigenvalue weighted by Gasteiger charge is 1.87. The van der Waals surface area contributed by atoms with Gasteiger partial charge in [0, 0.05) is 12.4 Å². The lowest BCUT2D eigenvalue weighted by molar-refractivity contribution is 1.07. The number of aromatic nitrogens is 2. The van der Waals surface area contributed by atoms with E-state index in [1.54, 1.807) is 12.4 Å². The summed E-state index contributed by atoms with van der Waals surface area (Å²) in [4.78, 5) is 7.63. The lowest BCUT2D eigenvalue weighted by Gasteiger charge is -1.93. The minimum Gasteiger partial charge on any atom is -0.253 e. The molecule has 1 heterocycles. The van der Waals surface area contributed by atoms with Crippen molar-refractivity contribution in [2.75, 3.05) is 0 Å². The molecule has 0 N–H and O–H groups in total. The van der Waals surface area contributed by atoms with E-state index in [4.69, 9.17) is 7.85 Å². The van der Waals surface area contributed by atoms with Gasteiger partial charge in [0.05, 0.1) is 5.72 Å². The molecule has 0 bridgehead atoms. The smallest absolute Gasteiger partial charge is 0.170 e. The number of nitrogens with zero attached hydrogens (tertiary/aromatic N) is 2. The zero-order valence-corrected chi connectivity index (χ0v) is 5.33. The van der Waals surface area contributed by atoms with Gasteiger partial charge in [-0.3, -0.25) is 9.97 Å². The van der Waals surface area contributed by atoms with Gasteiger partial charge in [-0.25, -0.2) is 0 Å². The van der Waals surface area contributed by atoms with Crippen molar-refractivity contribution in [3.63, 3.8) is 0 Å². The molecule has 44 valence electrons. The summed E-state index contributed by atoms with van der Waals surface area (Å²) in [7, 11) is 5.26. The van der Waals surface area contributed by atoms with Gasteiger partial charge in [0.1, 0.15) is 0 Å². The van der Waals surface area contributed by atoms with Crippen LogP contribution in [0.4, 0.5) is 0 Å². The Morgan fingerprint density at radius 2 is 2.00 bits per heavy atom. The molecular formula is C6H7BN2. The van der Waals surface area contributed by atoms with E-state index in [-0.39, 0.29) is 0 Å². The Hall–Kier alpha value is -0.855. The van der Waals surface area contributed by atoms with Crippen LogP contribution in [-0.2, 0) is 6.42 Å². The molecule has 2 nitrogen and oxygen atoms in total. The Balaban J connectivity index is 2.88. The monoisotopic (exact) mass is 118 g/mol. The van der Waals surface area contributed by atoms with E-state index in [2.05, 4.69) is 16.9 Å². The number of aryl methyl sites for hydroxylation is 1. The third-order valence-electron chi connectivity index (χ3n) is 1.13. The van der Waals surface area contributed by atoms with Gasteiger partial charge in [0.2, 0.25) is 0 Å². The van der Waals surface area contributed by atoms with Crippen LogP contribution in [0.3, 0.4) is 0 Å². The van der Waals surface area contributed by atoms with Crippen molar-refractivity contribution in [2.45, 2.75) is 13.3 Å². The minimum absolute atomic E-state index is 0.340.